The van der Waals surface area contributed by atoms with Crippen LogP contribution in [-0.2, 0) is 4.79 Å². The molecule has 0 aliphatic carbocycles. The number of anilines is 1. The van der Waals surface area contributed by atoms with E-state index in [4.69, 9.17) is 16.9 Å². The summed E-state index contributed by atoms with van der Waals surface area (Å²) in [6.45, 7) is 1.92. The summed E-state index contributed by atoms with van der Waals surface area (Å²) in [5.41, 5.74) is 1.01. The highest BCUT2D eigenvalue weighted by molar-refractivity contribution is 6.32. The fraction of sp³-hybridized carbons (Fsp3) is 0.385. The summed E-state index contributed by atoms with van der Waals surface area (Å²) in [5, 5.41) is 18.9. The molecule has 0 radical (unpaired) electrons. The third-order valence-electron chi connectivity index (χ3n) is 3.20. The monoisotopic (exact) mass is 264 g/mol. The molecule has 5 heteroatoms. The molecule has 1 aromatic carbocycles. The number of carbonyl (C=O) groups is 1. The number of aliphatic hydroxyl groups is 1. The highest BCUT2D eigenvalue weighted by Crippen LogP contribution is 2.31. The molecule has 0 aromatic heterocycles. The van der Waals surface area contributed by atoms with Crippen LogP contribution in [0.4, 0.5) is 5.69 Å². The number of hydrogen-bond acceptors (Lipinski definition) is 3. The summed E-state index contributed by atoms with van der Waals surface area (Å²) in [6, 6.07) is 6.62. The van der Waals surface area contributed by atoms with E-state index in [2.05, 4.69) is 0 Å². The van der Waals surface area contributed by atoms with E-state index < -0.39 is 6.10 Å². The van der Waals surface area contributed by atoms with Gasteiger partial charge in [-0.05, 0) is 24.6 Å². The Labute approximate surface area is 110 Å². The number of hydrogen-bond donors (Lipinski definition) is 1. The van der Waals surface area contributed by atoms with Gasteiger partial charge in [-0.2, -0.15) is 5.26 Å². The van der Waals surface area contributed by atoms with Crippen molar-refractivity contribution in [2.45, 2.75) is 31.9 Å². The van der Waals surface area contributed by atoms with Gasteiger partial charge >= 0.3 is 0 Å². The number of nitrogens with zero attached hydrogens (tertiary/aromatic N) is 2. The summed E-state index contributed by atoms with van der Waals surface area (Å²) in [6.07, 6.45) is 0.164. The van der Waals surface area contributed by atoms with Gasteiger partial charge in [0.05, 0.1) is 29.2 Å². The lowest BCUT2D eigenvalue weighted by Crippen LogP contribution is -2.36. The van der Waals surface area contributed by atoms with Gasteiger partial charge < -0.3 is 10.0 Å². The second-order valence-corrected chi connectivity index (χ2v) is 4.69. The maximum absolute atomic E-state index is 11.9. The summed E-state index contributed by atoms with van der Waals surface area (Å²) >= 11 is 5.96. The SMILES string of the molecule is CCC1C(O)CC(=O)N1c1ccc(C#N)c(Cl)c1. The average Bonchev–Trinajstić information content (AvgIpc) is 2.63. The predicted molar refractivity (Wildman–Crippen MR) is 68.4 cm³/mol. The van der Waals surface area contributed by atoms with Crippen LogP contribution in [-0.4, -0.2) is 23.2 Å². The lowest BCUT2D eigenvalue weighted by molar-refractivity contribution is -0.117. The van der Waals surface area contributed by atoms with E-state index in [0.717, 1.165) is 0 Å². The summed E-state index contributed by atoms with van der Waals surface area (Å²) in [4.78, 5) is 13.4. The Balaban J connectivity index is 2.39. The molecule has 1 amide bonds. The minimum Gasteiger partial charge on any atom is -0.390 e. The molecule has 1 aliphatic rings. The lowest BCUT2D eigenvalue weighted by atomic mass is 10.1. The molecule has 0 saturated carbocycles. The van der Waals surface area contributed by atoms with Gasteiger partial charge in [0.2, 0.25) is 5.91 Å². The first kappa shape index (κ1) is 12.9. The molecular formula is C13H13ClN2O2. The van der Waals surface area contributed by atoms with E-state index in [1.807, 2.05) is 13.0 Å². The van der Waals surface area contributed by atoms with Crippen LogP contribution in [0.1, 0.15) is 25.3 Å². The van der Waals surface area contributed by atoms with Crippen molar-refractivity contribution in [1.82, 2.24) is 0 Å². The number of halogens is 1. The van der Waals surface area contributed by atoms with Crippen molar-refractivity contribution in [2.75, 3.05) is 4.90 Å². The Morgan fingerprint density at radius 1 is 1.61 bits per heavy atom. The molecule has 1 heterocycles. The molecule has 2 unspecified atom stereocenters. The van der Waals surface area contributed by atoms with Gasteiger partial charge in [0.1, 0.15) is 6.07 Å². The maximum Gasteiger partial charge on any atom is 0.230 e. The fourth-order valence-electron chi connectivity index (χ4n) is 2.30. The number of benzene rings is 1. The van der Waals surface area contributed by atoms with Crippen LogP contribution in [0.2, 0.25) is 5.02 Å². The number of nitriles is 1. The Morgan fingerprint density at radius 2 is 2.33 bits per heavy atom. The third kappa shape index (κ3) is 2.07. The summed E-state index contributed by atoms with van der Waals surface area (Å²) in [5.74, 6) is -0.116. The van der Waals surface area contributed by atoms with Crippen molar-refractivity contribution in [3.05, 3.63) is 28.8 Å². The first-order valence-corrected chi connectivity index (χ1v) is 6.16. The smallest absolute Gasteiger partial charge is 0.230 e. The number of aliphatic hydroxyl groups excluding tert-OH is 1. The number of rotatable bonds is 2. The van der Waals surface area contributed by atoms with Crippen molar-refractivity contribution >= 4 is 23.2 Å². The Kier molecular flexibility index (Phi) is 3.55. The first-order valence-electron chi connectivity index (χ1n) is 5.78. The molecule has 18 heavy (non-hydrogen) atoms. The van der Waals surface area contributed by atoms with Crippen LogP contribution in [0.15, 0.2) is 18.2 Å². The van der Waals surface area contributed by atoms with Crippen molar-refractivity contribution in [3.63, 3.8) is 0 Å². The van der Waals surface area contributed by atoms with Gasteiger partial charge in [-0.3, -0.25) is 4.79 Å². The molecule has 94 valence electrons. The lowest BCUT2D eigenvalue weighted by Gasteiger charge is -2.25. The van der Waals surface area contributed by atoms with E-state index in [9.17, 15) is 9.90 Å². The predicted octanol–water partition coefficient (Wildman–Crippen LogP) is 2.09. The Bertz CT molecular complexity index is 524. The molecular weight excluding hydrogens is 252 g/mol. The zero-order valence-corrected chi connectivity index (χ0v) is 10.7. The molecule has 0 bridgehead atoms. The minimum absolute atomic E-state index is 0.116. The van der Waals surface area contributed by atoms with Gasteiger partial charge in [-0.15, -0.1) is 0 Å². The highest BCUT2D eigenvalue weighted by atomic mass is 35.5. The normalized spacial score (nSPS) is 23.2. The van der Waals surface area contributed by atoms with E-state index >= 15 is 0 Å². The number of carbonyl (C=O) groups excluding carboxylic acids is 1. The molecule has 4 nitrogen and oxygen atoms in total. The van der Waals surface area contributed by atoms with Crippen molar-refractivity contribution in [3.8, 4) is 6.07 Å². The van der Waals surface area contributed by atoms with Crippen molar-refractivity contribution in [1.29, 1.82) is 5.26 Å². The molecule has 1 N–H and O–H groups in total. The highest BCUT2D eigenvalue weighted by Gasteiger charge is 2.38. The number of amides is 1. The second-order valence-electron chi connectivity index (χ2n) is 4.29. The van der Waals surface area contributed by atoms with Crippen LogP contribution in [0.25, 0.3) is 0 Å². The molecule has 1 aliphatic heterocycles. The largest absolute Gasteiger partial charge is 0.390 e. The summed E-state index contributed by atoms with van der Waals surface area (Å²) < 4.78 is 0. The summed E-state index contributed by atoms with van der Waals surface area (Å²) in [7, 11) is 0. The van der Waals surface area contributed by atoms with Gasteiger partial charge in [-0.25, -0.2) is 0 Å². The molecule has 2 atom stereocenters. The quantitative estimate of drug-likeness (QED) is 0.890. The van der Waals surface area contributed by atoms with E-state index in [1.165, 1.54) is 0 Å². The van der Waals surface area contributed by atoms with E-state index in [1.54, 1.807) is 23.1 Å². The topological polar surface area (TPSA) is 64.3 Å². The van der Waals surface area contributed by atoms with Crippen LogP contribution in [0.3, 0.4) is 0 Å². The van der Waals surface area contributed by atoms with Crippen LogP contribution >= 0.6 is 11.6 Å². The minimum atomic E-state index is -0.642. The molecule has 2 rings (SSSR count). The molecule has 0 spiro atoms. The standard InChI is InChI=1S/C13H13ClN2O2/c1-2-11-12(17)6-13(18)16(11)9-4-3-8(7-15)10(14)5-9/h3-5,11-12,17H,2,6H2,1H3. The van der Waals surface area contributed by atoms with Gasteiger partial charge in [0.15, 0.2) is 0 Å². The Morgan fingerprint density at radius 3 is 2.89 bits per heavy atom. The van der Waals surface area contributed by atoms with Crippen molar-refractivity contribution < 1.29 is 9.90 Å². The zero-order chi connectivity index (χ0) is 13.3. The third-order valence-corrected chi connectivity index (χ3v) is 3.51. The van der Waals surface area contributed by atoms with Crippen LogP contribution in [0, 0.1) is 11.3 Å². The van der Waals surface area contributed by atoms with Crippen LogP contribution in [0.5, 0.6) is 0 Å². The molecule has 1 fully saturated rings. The van der Waals surface area contributed by atoms with Gasteiger partial charge in [0, 0.05) is 5.69 Å². The average molecular weight is 265 g/mol. The van der Waals surface area contributed by atoms with Crippen molar-refractivity contribution in [2.24, 2.45) is 0 Å². The van der Waals surface area contributed by atoms with Gasteiger partial charge in [0.25, 0.3) is 0 Å². The fourth-order valence-corrected chi connectivity index (χ4v) is 2.52. The second kappa shape index (κ2) is 4.97. The van der Waals surface area contributed by atoms with E-state index in [0.29, 0.717) is 22.7 Å². The maximum atomic E-state index is 11.9. The molecule has 1 saturated heterocycles. The van der Waals surface area contributed by atoms with Gasteiger partial charge in [-0.1, -0.05) is 18.5 Å². The van der Waals surface area contributed by atoms with E-state index in [-0.39, 0.29) is 18.4 Å². The zero-order valence-electron chi connectivity index (χ0n) is 9.93. The first-order chi connectivity index (χ1) is 8.58. The van der Waals surface area contributed by atoms with Crippen LogP contribution < -0.4 is 4.90 Å². The molecule has 1 aromatic rings. The Hall–Kier alpha value is -1.57.